The van der Waals surface area contributed by atoms with Crippen molar-refractivity contribution in [2.45, 2.75) is 13.3 Å². The van der Waals surface area contributed by atoms with Gasteiger partial charge in [0.1, 0.15) is 5.78 Å². The minimum absolute atomic E-state index is 0.174. The fraction of sp³-hybridized carbons (Fsp3) is 0.167. The third kappa shape index (κ3) is 2.31. The van der Waals surface area contributed by atoms with Gasteiger partial charge in [0.2, 0.25) is 0 Å². The molecule has 0 aliphatic carbocycles. The Bertz CT molecular complexity index is 460. The van der Waals surface area contributed by atoms with E-state index in [9.17, 15) is 4.79 Å². The maximum absolute atomic E-state index is 11.0. The van der Waals surface area contributed by atoms with Gasteiger partial charge in [-0.3, -0.25) is 4.79 Å². The molecule has 0 atom stereocenters. The zero-order chi connectivity index (χ0) is 10.7. The van der Waals surface area contributed by atoms with Crippen molar-refractivity contribution in [2.24, 2.45) is 0 Å². The summed E-state index contributed by atoms with van der Waals surface area (Å²) < 4.78 is 1.78. The molecule has 0 aliphatic heterocycles. The second kappa shape index (κ2) is 4.09. The molecule has 0 aliphatic rings. The Kier molecular flexibility index (Phi) is 2.63. The number of hydrogen-bond acceptors (Lipinski definition) is 2. The molecule has 0 fully saturated rings. The topological polar surface area (TPSA) is 34.9 Å². The smallest absolute Gasteiger partial charge is 0.134 e. The van der Waals surface area contributed by atoms with Crippen LogP contribution >= 0.6 is 0 Å². The van der Waals surface area contributed by atoms with Crippen molar-refractivity contribution in [1.29, 1.82) is 0 Å². The summed E-state index contributed by atoms with van der Waals surface area (Å²) >= 11 is 0. The van der Waals surface area contributed by atoms with E-state index in [1.165, 1.54) is 0 Å². The van der Waals surface area contributed by atoms with Crippen LogP contribution in [-0.2, 0) is 11.2 Å². The molecule has 0 saturated carbocycles. The van der Waals surface area contributed by atoms with Crippen molar-refractivity contribution in [3.8, 4) is 5.69 Å². The van der Waals surface area contributed by atoms with Crippen LogP contribution < -0.4 is 0 Å². The van der Waals surface area contributed by atoms with Gasteiger partial charge in [0.15, 0.2) is 0 Å². The molecule has 1 aromatic heterocycles. The van der Waals surface area contributed by atoms with Gasteiger partial charge in [-0.25, -0.2) is 4.68 Å². The van der Waals surface area contributed by atoms with Crippen molar-refractivity contribution in [2.75, 3.05) is 0 Å². The van der Waals surface area contributed by atoms with E-state index >= 15 is 0 Å². The van der Waals surface area contributed by atoms with Gasteiger partial charge in [0, 0.05) is 18.8 Å². The minimum atomic E-state index is 0.174. The fourth-order valence-corrected chi connectivity index (χ4v) is 1.52. The third-order valence-electron chi connectivity index (χ3n) is 2.13. The zero-order valence-corrected chi connectivity index (χ0v) is 8.55. The van der Waals surface area contributed by atoms with Crippen molar-refractivity contribution in [3.05, 3.63) is 48.3 Å². The van der Waals surface area contributed by atoms with Gasteiger partial charge in [-0.05, 0) is 30.7 Å². The van der Waals surface area contributed by atoms with Gasteiger partial charge < -0.3 is 0 Å². The van der Waals surface area contributed by atoms with Gasteiger partial charge in [-0.2, -0.15) is 5.10 Å². The standard InChI is InChI=1S/C12H12N2O/c1-10(15)8-11-4-2-5-12(9-11)14-7-3-6-13-14/h2-7,9H,8H2,1H3. The van der Waals surface area contributed by atoms with Crippen LogP contribution in [0.4, 0.5) is 0 Å². The van der Waals surface area contributed by atoms with E-state index in [1.54, 1.807) is 17.8 Å². The summed E-state index contributed by atoms with van der Waals surface area (Å²) in [6, 6.07) is 9.71. The lowest BCUT2D eigenvalue weighted by molar-refractivity contribution is -0.116. The van der Waals surface area contributed by atoms with Crippen LogP contribution in [0.5, 0.6) is 0 Å². The average molecular weight is 200 g/mol. The summed E-state index contributed by atoms with van der Waals surface area (Å²) in [5.74, 6) is 0.174. The summed E-state index contributed by atoms with van der Waals surface area (Å²) in [5, 5.41) is 4.14. The summed E-state index contributed by atoms with van der Waals surface area (Å²) in [4.78, 5) is 11.0. The van der Waals surface area contributed by atoms with E-state index in [0.29, 0.717) is 6.42 Å². The van der Waals surface area contributed by atoms with E-state index in [0.717, 1.165) is 11.3 Å². The highest BCUT2D eigenvalue weighted by Crippen LogP contribution is 2.10. The Hall–Kier alpha value is -1.90. The average Bonchev–Trinajstić information content (AvgIpc) is 2.69. The van der Waals surface area contributed by atoms with Crippen LogP contribution in [0.25, 0.3) is 5.69 Å². The molecule has 0 amide bonds. The van der Waals surface area contributed by atoms with Crippen molar-refractivity contribution >= 4 is 5.78 Å². The molecule has 2 aromatic rings. The molecule has 15 heavy (non-hydrogen) atoms. The normalized spacial score (nSPS) is 10.2. The second-order valence-electron chi connectivity index (χ2n) is 3.50. The van der Waals surface area contributed by atoms with Crippen LogP contribution in [-0.4, -0.2) is 15.6 Å². The Morgan fingerprint density at radius 2 is 2.27 bits per heavy atom. The first-order valence-corrected chi connectivity index (χ1v) is 4.84. The Morgan fingerprint density at radius 1 is 1.40 bits per heavy atom. The van der Waals surface area contributed by atoms with E-state index < -0.39 is 0 Å². The van der Waals surface area contributed by atoms with Crippen LogP contribution in [0, 0.1) is 0 Å². The van der Waals surface area contributed by atoms with Crippen molar-refractivity contribution < 1.29 is 4.79 Å². The Balaban J connectivity index is 2.31. The predicted octanol–water partition coefficient (Wildman–Crippen LogP) is 2.00. The van der Waals surface area contributed by atoms with Crippen molar-refractivity contribution in [3.63, 3.8) is 0 Å². The number of nitrogens with zero attached hydrogens (tertiary/aromatic N) is 2. The first kappa shape index (κ1) is 9.65. The van der Waals surface area contributed by atoms with Gasteiger partial charge in [-0.15, -0.1) is 0 Å². The number of Topliss-reactive ketones (excluding diaryl/α,β-unsaturated/α-hetero) is 1. The van der Waals surface area contributed by atoms with E-state index in [4.69, 9.17) is 0 Å². The first-order chi connectivity index (χ1) is 7.25. The Morgan fingerprint density at radius 3 is 2.93 bits per heavy atom. The molecule has 0 spiro atoms. The highest BCUT2D eigenvalue weighted by Gasteiger charge is 2.00. The quantitative estimate of drug-likeness (QED) is 0.759. The predicted molar refractivity (Wildman–Crippen MR) is 57.9 cm³/mol. The molecule has 0 unspecified atom stereocenters. The molecule has 2 rings (SSSR count). The number of benzene rings is 1. The molecular formula is C12H12N2O. The van der Waals surface area contributed by atoms with Crippen molar-refractivity contribution in [1.82, 2.24) is 9.78 Å². The fourth-order valence-electron chi connectivity index (χ4n) is 1.52. The van der Waals surface area contributed by atoms with Gasteiger partial charge in [0.25, 0.3) is 0 Å². The summed E-state index contributed by atoms with van der Waals surface area (Å²) in [5.41, 5.74) is 2.01. The van der Waals surface area contributed by atoms with Crippen LogP contribution in [0.15, 0.2) is 42.7 Å². The molecule has 1 heterocycles. The van der Waals surface area contributed by atoms with Gasteiger partial charge in [-0.1, -0.05) is 12.1 Å². The molecular weight excluding hydrogens is 188 g/mol. The lowest BCUT2D eigenvalue weighted by atomic mass is 10.1. The van der Waals surface area contributed by atoms with E-state index in [2.05, 4.69) is 5.10 Å². The summed E-state index contributed by atoms with van der Waals surface area (Å²) in [6.45, 7) is 1.60. The molecule has 0 N–H and O–H groups in total. The highest BCUT2D eigenvalue weighted by atomic mass is 16.1. The zero-order valence-electron chi connectivity index (χ0n) is 8.55. The lowest BCUT2D eigenvalue weighted by Gasteiger charge is -2.03. The molecule has 3 heteroatoms. The first-order valence-electron chi connectivity index (χ1n) is 4.84. The molecule has 0 bridgehead atoms. The summed E-state index contributed by atoms with van der Waals surface area (Å²) in [6.07, 6.45) is 4.10. The maximum atomic E-state index is 11.0. The number of rotatable bonds is 3. The van der Waals surface area contributed by atoms with E-state index in [-0.39, 0.29) is 5.78 Å². The van der Waals surface area contributed by atoms with Crippen LogP contribution in [0.1, 0.15) is 12.5 Å². The summed E-state index contributed by atoms with van der Waals surface area (Å²) in [7, 11) is 0. The molecule has 0 saturated heterocycles. The number of aromatic nitrogens is 2. The van der Waals surface area contributed by atoms with Crippen LogP contribution in [0.3, 0.4) is 0 Å². The number of ketones is 1. The lowest BCUT2D eigenvalue weighted by Crippen LogP contribution is -1.99. The monoisotopic (exact) mass is 200 g/mol. The third-order valence-corrected chi connectivity index (χ3v) is 2.13. The maximum Gasteiger partial charge on any atom is 0.134 e. The number of carbonyl (C=O) groups excluding carboxylic acids is 1. The SMILES string of the molecule is CC(=O)Cc1cccc(-n2cccn2)c1. The number of hydrogen-bond donors (Lipinski definition) is 0. The molecule has 76 valence electrons. The van der Waals surface area contributed by atoms with E-state index in [1.807, 2.05) is 36.5 Å². The van der Waals surface area contributed by atoms with Gasteiger partial charge >= 0.3 is 0 Å². The Labute approximate surface area is 88.4 Å². The minimum Gasteiger partial charge on any atom is -0.300 e. The highest BCUT2D eigenvalue weighted by molar-refractivity contribution is 5.78. The second-order valence-corrected chi connectivity index (χ2v) is 3.50. The molecule has 0 radical (unpaired) electrons. The van der Waals surface area contributed by atoms with Crippen LogP contribution in [0.2, 0.25) is 0 Å². The number of carbonyl (C=O) groups is 1. The van der Waals surface area contributed by atoms with Gasteiger partial charge in [0.05, 0.1) is 5.69 Å². The molecule has 1 aromatic carbocycles. The largest absolute Gasteiger partial charge is 0.300 e. The molecule has 3 nitrogen and oxygen atoms in total.